The third-order valence-electron chi connectivity index (χ3n) is 5.35. The molecule has 0 aliphatic rings. The molecule has 3 N–H and O–H groups in total. The number of ether oxygens (including phenoxy) is 2. The average molecular weight is 477 g/mol. The maximum Gasteiger partial charge on any atom is 0.408 e. The number of nitrogens with one attached hydrogen (secondary N) is 2. The fraction of sp³-hybridized carbons (Fsp3) is 0.222. The van der Waals surface area contributed by atoms with Crippen LogP contribution in [0.1, 0.15) is 23.1 Å². The molecule has 0 aromatic heterocycles. The minimum atomic E-state index is -1.71. The number of carbonyl (C=O) groups is 3. The van der Waals surface area contributed by atoms with Crippen molar-refractivity contribution in [2.45, 2.75) is 31.6 Å². The van der Waals surface area contributed by atoms with Crippen molar-refractivity contribution in [2.75, 3.05) is 6.54 Å². The highest BCUT2D eigenvalue weighted by Gasteiger charge is 2.40. The zero-order chi connectivity index (χ0) is 24.9. The third kappa shape index (κ3) is 8.19. The topological polar surface area (TPSA) is 114 Å². The van der Waals surface area contributed by atoms with Gasteiger partial charge in [-0.05, 0) is 23.1 Å². The van der Waals surface area contributed by atoms with Gasteiger partial charge in [-0.25, -0.2) is 14.4 Å². The maximum atomic E-state index is 12.6. The molecular formula is C27H28N2O6. The Kier molecular flexibility index (Phi) is 9.24. The van der Waals surface area contributed by atoms with Gasteiger partial charge in [-0.2, -0.15) is 0 Å². The molecule has 0 heterocycles. The second-order valence-corrected chi connectivity index (χ2v) is 7.97. The number of alkyl carbamates (subject to hydrolysis) is 2. The van der Waals surface area contributed by atoms with Crippen molar-refractivity contribution < 1.29 is 29.0 Å². The number of hydrogen-bond donors (Lipinski definition) is 3. The first kappa shape index (κ1) is 25.3. The molecular weight excluding hydrogens is 448 g/mol. The maximum absolute atomic E-state index is 12.6. The van der Waals surface area contributed by atoms with Gasteiger partial charge in [0, 0.05) is 13.0 Å². The Morgan fingerprint density at radius 3 is 1.63 bits per heavy atom. The summed E-state index contributed by atoms with van der Waals surface area (Å²) in [6.07, 6.45) is -1.62. The van der Waals surface area contributed by atoms with Crippen molar-refractivity contribution >= 4 is 18.2 Å². The first-order chi connectivity index (χ1) is 17.0. The largest absolute Gasteiger partial charge is 0.479 e. The van der Waals surface area contributed by atoms with Gasteiger partial charge in [0.1, 0.15) is 18.8 Å². The van der Waals surface area contributed by atoms with Crippen LogP contribution in [0, 0.1) is 0 Å². The molecule has 0 fully saturated rings. The van der Waals surface area contributed by atoms with E-state index in [-0.39, 0.29) is 32.6 Å². The molecule has 35 heavy (non-hydrogen) atoms. The van der Waals surface area contributed by atoms with Gasteiger partial charge >= 0.3 is 18.2 Å². The smallest absolute Gasteiger partial charge is 0.408 e. The van der Waals surface area contributed by atoms with E-state index in [2.05, 4.69) is 10.6 Å². The molecule has 0 spiro atoms. The summed E-state index contributed by atoms with van der Waals surface area (Å²) in [5.41, 5.74) is 0.607. The van der Waals surface area contributed by atoms with Gasteiger partial charge in [0.05, 0.1) is 0 Å². The molecule has 0 radical (unpaired) electrons. The molecule has 0 aliphatic heterocycles. The van der Waals surface area contributed by atoms with E-state index in [1.807, 2.05) is 54.6 Å². The van der Waals surface area contributed by atoms with Gasteiger partial charge in [0.25, 0.3) is 0 Å². The van der Waals surface area contributed by atoms with Crippen LogP contribution in [0.3, 0.4) is 0 Å². The van der Waals surface area contributed by atoms with Gasteiger partial charge < -0.3 is 25.2 Å². The minimum Gasteiger partial charge on any atom is -0.479 e. The highest BCUT2D eigenvalue weighted by molar-refractivity contribution is 5.85. The Balaban J connectivity index is 1.63. The van der Waals surface area contributed by atoms with Crippen LogP contribution in [0.25, 0.3) is 0 Å². The van der Waals surface area contributed by atoms with Crippen LogP contribution < -0.4 is 10.6 Å². The monoisotopic (exact) mass is 476 g/mol. The normalized spacial score (nSPS) is 12.1. The number of rotatable bonds is 11. The van der Waals surface area contributed by atoms with Crippen molar-refractivity contribution in [3.8, 4) is 0 Å². The molecule has 0 bridgehead atoms. The summed E-state index contributed by atoms with van der Waals surface area (Å²) < 4.78 is 10.4. The predicted octanol–water partition coefficient (Wildman–Crippen LogP) is 4.30. The van der Waals surface area contributed by atoms with Crippen molar-refractivity contribution in [3.63, 3.8) is 0 Å². The molecule has 3 aromatic rings. The van der Waals surface area contributed by atoms with Crippen molar-refractivity contribution in [1.29, 1.82) is 0 Å². The first-order valence-electron chi connectivity index (χ1n) is 11.2. The lowest BCUT2D eigenvalue weighted by Crippen LogP contribution is -2.57. The molecule has 0 saturated carbocycles. The summed E-state index contributed by atoms with van der Waals surface area (Å²) in [4.78, 5) is 37.1. The third-order valence-corrected chi connectivity index (χ3v) is 5.35. The first-order valence-corrected chi connectivity index (χ1v) is 11.2. The summed E-state index contributed by atoms with van der Waals surface area (Å²) in [5, 5.41) is 15.2. The van der Waals surface area contributed by atoms with Crippen molar-refractivity contribution in [3.05, 3.63) is 108 Å². The Labute approximate surface area is 203 Å². The number of aliphatic carboxylic acids is 1. The van der Waals surface area contributed by atoms with Crippen molar-refractivity contribution in [1.82, 2.24) is 10.6 Å². The van der Waals surface area contributed by atoms with E-state index in [1.165, 1.54) is 0 Å². The Hall–Kier alpha value is -4.33. The van der Waals surface area contributed by atoms with E-state index in [1.54, 1.807) is 36.4 Å². The molecule has 2 amide bonds. The molecule has 0 unspecified atom stereocenters. The van der Waals surface area contributed by atoms with Crippen LogP contribution in [0.4, 0.5) is 9.59 Å². The second-order valence-electron chi connectivity index (χ2n) is 7.97. The standard InChI is InChI=1S/C27H28N2O6/c30-24(31)27(18-21-10-4-1-5-11-21,29-26(33)35-20-23-14-8-3-9-15-23)16-17-28-25(32)34-19-22-12-6-2-7-13-22/h1-15H,16-20H2,(H,28,32)(H,29,33)(H,30,31)/t27-/m0/s1. The average Bonchev–Trinajstić information content (AvgIpc) is 2.88. The second kappa shape index (κ2) is 12.8. The molecule has 1 atom stereocenters. The van der Waals surface area contributed by atoms with E-state index in [9.17, 15) is 19.5 Å². The van der Waals surface area contributed by atoms with Crippen LogP contribution in [0.5, 0.6) is 0 Å². The van der Waals surface area contributed by atoms with Crippen LogP contribution in [0.2, 0.25) is 0 Å². The quantitative estimate of drug-likeness (QED) is 0.380. The zero-order valence-corrected chi connectivity index (χ0v) is 19.2. The molecule has 0 saturated heterocycles. The van der Waals surface area contributed by atoms with Gasteiger partial charge in [-0.3, -0.25) is 0 Å². The minimum absolute atomic E-state index is 0.00221. The fourth-order valence-corrected chi connectivity index (χ4v) is 3.48. The van der Waals surface area contributed by atoms with Gasteiger partial charge in [-0.15, -0.1) is 0 Å². The van der Waals surface area contributed by atoms with Gasteiger partial charge in [0.15, 0.2) is 0 Å². The van der Waals surface area contributed by atoms with Crippen LogP contribution in [0.15, 0.2) is 91.0 Å². The molecule has 8 heteroatoms. The lowest BCUT2D eigenvalue weighted by Gasteiger charge is -2.30. The Morgan fingerprint density at radius 1 is 0.686 bits per heavy atom. The number of carboxylic acid groups (broad SMARTS) is 1. The number of carboxylic acids is 1. The zero-order valence-electron chi connectivity index (χ0n) is 19.2. The Bertz CT molecular complexity index is 1090. The van der Waals surface area contributed by atoms with E-state index in [4.69, 9.17) is 9.47 Å². The lowest BCUT2D eigenvalue weighted by atomic mass is 9.87. The number of hydrogen-bond acceptors (Lipinski definition) is 5. The predicted molar refractivity (Wildman–Crippen MR) is 130 cm³/mol. The van der Waals surface area contributed by atoms with E-state index < -0.39 is 23.7 Å². The molecule has 182 valence electrons. The number of carbonyl (C=O) groups excluding carboxylic acids is 2. The van der Waals surface area contributed by atoms with Crippen LogP contribution in [-0.4, -0.2) is 35.3 Å². The lowest BCUT2D eigenvalue weighted by molar-refractivity contribution is -0.145. The summed E-state index contributed by atoms with van der Waals surface area (Å²) in [6, 6.07) is 27.2. The van der Waals surface area contributed by atoms with Gasteiger partial charge in [-0.1, -0.05) is 91.0 Å². The van der Waals surface area contributed by atoms with Crippen LogP contribution >= 0.6 is 0 Å². The molecule has 3 rings (SSSR count). The summed E-state index contributed by atoms with van der Waals surface area (Å²) in [7, 11) is 0. The van der Waals surface area contributed by atoms with E-state index in [0.29, 0.717) is 5.56 Å². The number of benzene rings is 3. The van der Waals surface area contributed by atoms with Crippen LogP contribution in [-0.2, 0) is 33.9 Å². The van der Waals surface area contributed by atoms with Gasteiger partial charge in [0.2, 0.25) is 0 Å². The van der Waals surface area contributed by atoms with E-state index >= 15 is 0 Å². The van der Waals surface area contributed by atoms with Crippen molar-refractivity contribution in [2.24, 2.45) is 0 Å². The highest BCUT2D eigenvalue weighted by Crippen LogP contribution is 2.19. The summed E-state index contributed by atoms with van der Waals surface area (Å²) >= 11 is 0. The summed E-state index contributed by atoms with van der Waals surface area (Å²) in [6.45, 7) is 0.0499. The van der Waals surface area contributed by atoms with E-state index in [0.717, 1.165) is 11.1 Å². The molecule has 8 nitrogen and oxygen atoms in total. The summed E-state index contributed by atoms with van der Waals surface area (Å²) in [5.74, 6) is -1.24. The SMILES string of the molecule is O=C(NCC[C@@](Cc1ccccc1)(NC(=O)OCc1ccccc1)C(=O)O)OCc1ccccc1. The Morgan fingerprint density at radius 2 is 1.14 bits per heavy atom. The molecule has 3 aromatic carbocycles. The highest BCUT2D eigenvalue weighted by atomic mass is 16.6. The fourth-order valence-electron chi connectivity index (χ4n) is 3.48. The molecule has 0 aliphatic carbocycles. The number of amides is 2.